The number of carbonyl (C=O) groups is 1. The zero-order valence-corrected chi connectivity index (χ0v) is 14.2. The molecule has 2 aliphatic rings. The Labute approximate surface area is 140 Å². The van der Waals surface area contributed by atoms with Crippen LogP contribution in [0.5, 0.6) is 0 Å². The van der Waals surface area contributed by atoms with Gasteiger partial charge in [0.05, 0.1) is 6.54 Å². The molecule has 0 spiro atoms. The lowest BCUT2D eigenvalue weighted by Crippen LogP contribution is -2.48. The quantitative estimate of drug-likeness (QED) is 0.862. The van der Waals surface area contributed by atoms with Crippen molar-refractivity contribution in [1.29, 1.82) is 0 Å². The second-order valence-electron chi connectivity index (χ2n) is 7.17. The third-order valence-electron chi connectivity index (χ3n) is 5.47. The number of anilines is 1. The van der Waals surface area contributed by atoms with Gasteiger partial charge < -0.3 is 5.32 Å². The highest BCUT2D eigenvalue weighted by molar-refractivity contribution is 5.92. The topological polar surface area (TPSA) is 32.3 Å². The van der Waals surface area contributed by atoms with Gasteiger partial charge in [0.15, 0.2) is 0 Å². The lowest BCUT2D eigenvalue weighted by molar-refractivity contribution is -0.119. The number of nitrogens with one attached hydrogen (secondary N) is 1. The highest BCUT2D eigenvalue weighted by atomic mass is 16.2. The van der Waals surface area contributed by atoms with Gasteiger partial charge in [0.25, 0.3) is 0 Å². The molecule has 3 rings (SSSR count). The summed E-state index contributed by atoms with van der Waals surface area (Å²) in [6, 6.07) is 11.1. The van der Waals surface area contributed by atoms with E-state index in [-0.39, 0.29) is 5.91 Å². The van der Waals surface area contributed by atoms with Crippen LogP contribution in [0.2, 0.25) is 0 Å². The van der Waals surface area contributed by atoms with E-state index in [1.807, 2.05) is 30.3 Å². The first-order chi connectivity index (χ1) is 11.3. The van der Waals surface area contributed by atoms with E-state index in [1.165, 1.54) is 64.2 Å². The molecule has 126 valence electrons. The smallest absolute Gasteiger partial charge is 0.238 e. The second kappa shape index (κ2) is 8.49. The van der Waals surface area contributed by atoms with E-state index in [4.69, 9.17) is 0 Å². The molecule has 2 aliphatic carbocycles. The van der Waals surface area contributed by atoms with Gasteiger partial charge in [-0.15, -0.1) is 0 Å². The van der Waals surface area contributed by atoms with Gasteiger partial charge in [-0.1, -0.05) is 56.7 Å². The number of amides is 1. The molecule has 3 nitrogen and oxygen atoms in total. The number of hydrogen-bond donors (Lipinski definition) is 1. The predicted octanol–water partition coefficient (Wildman–Crippen LogP) is 4.59. The number of benzene rings is 1. The average Bonchev–Trinajstić information content (AvgIpc) is 2.62. The van der Waals surface area contributed by atoms with Crippen molar-refractivity contribution in [1.82, 2.24) is 4.90 Å². The van der Waals surface area contributed by atoms with Gasteiger partial charge in [-0.25, -0.2) is 0 Å². The van der Waals surface area contributed by atoms with Crippen molar-refractivity contribution in [2.45, 2.75) is 76.3 Å². The molecule has 1 N–H and O–H groups in total. The van der Waals surface area contributed by atoms with Gasteiger partial charge in [-0.3, -0.25) is 9.69 Å². The number of nitrogens with zero attached hydrogens (tertiary/aromatic N) is 1. The van der Waals surface area contributed by atoms with Crippen molar-refractivity contribution in [3.05, 3.63) is 30.3 Å². The SMILES string of the molecule is O=C(CN(C1CCCCC1)C1CCCCC1)Nc1ccccc1. The van der Waals surface area contributed by atoms with Gasteiger partial charge >= 0.3 is 0 Å². The minimum absolute atomic E-state index is 0.146. The van der Waals surface area contributed by atoms with E-state index < -0.39 is 0 Å². The minimum Gasteiger partial charge on any atom is -0.325 e. The molecule has 0 atom stereocenters. The Kier molecular flexibility index (Phi) is 6.09. The highest BCUT2D eigenvalue weighted by Gasteiger charge is 2.30. The summed E-state index contributed by atoms with van der Waals surface area (Å²) in [6.45, 7) is 0.560. The molecule has 0 aromatic heterocycles. The maximum absolute atomic E-state index is 12.6. The fourth-order valence-corrected chi connectivity index (χ4v) is 4.27. The summed E-state index contributed by atoms with van der Waals surface area (Å²) in [5.41, 5.74) is 0.907. The Morgan fingerprint density at radius 3 is 1.91 bits per heavy atom. The molecule has 3 heteroatoms. The van der Waals surface area contributed by atoms with Crippen LogP contribution in [-0.2, 0) is 4.79 Å². The first-order valence-electron chi connectivity index (χ1n) is 9.43. The van der Waals surface area contributed by atoms with E-state index in [0.717, 1.165) is 5.69 Å². The summed E-state index contributed by atoms with van der Waals surface area (Å²) in [7, 11) is 0. The first-order valence-corrected chi connectivity index (χ1v) is 9.43. The summed E-state index contributed by atoms with van der Waals surface area (Å²) < 4.78 is 0. The molecule has 1 amide bonds. The monoisotopic (exact) mass is 314 g/mol. The molecule has 0 heterocycles. The molecule has 2 saturated carbocycles. The van der Waals surface area contributed by atoms with Crippen molar-refractivity contribution in [3.63, 3.8) is 0 Å². The summed E-state index contributed by atoms with van der Waals surface area (Å²) in [5, 5.41) is 3.07. The van der Waals surface area contributed by atoms with Crippen LogP contribution in [0.15, 0.2) is 30.3 Å². The Morgan fingerprint density at radius 1 is 0.870 bits per heavy atom. The molecule has 0 saturated heterocycles. The molecule has 1 aromatic rings. The number of para-hydroxylation sites is 1. The van der Waals surface area contributed by atoms with Crippen molar-refractivity contribution in [2.24, 2.45) is 0 Å². The molecular weight excluding hydrogens is 284 g/mol. The Hall–Kier alpha value is -1.35. The van der Waals surface area contributed by atoms with Crippen LogP contribution in [0.3, 0.4) is 0 Å². The van der Waals surface area contributed by atoms with Crippen molar-refractivity contribution in [2.75, 3.05) is 11.9 Å². The summed E-state index contributed by atoms with van der Waals surface area (Å²) >= 11 is 0. The van der Waals surface area contributed by atoms with Crippen LogP contribution in [0.4, 0.5) is 5.69 Å². The van der Waals surface area contributed by atoms with Crippen LogP contribution in [0.25, 0.3) is 0 Å². The van der Waals surface area contributed by atoms with Gasteiger partial charge in [0.2, 0.25) is 5.91 Å². The van der Waals surface area contributed by atoms with E-state index in [1.54, 1.807) is 0 Å². The maximum atomic E-state index is 12.6. The average molecular weight is 314 g/mol. The normalized spacial score (nSPS) is 20.6. The third kappa shape index (κ3) is 4.81. The molecule has 0 bridgehead atoms. The van der Waals surface area contributed by atoms with Gasteiger partial charge in [-0.05, 0) is 37.8 Å². The number of carbonyl (C=O) groups excluding carboxylic acids is 1. The zero-order chi connectivity index (χ0) is 15.9. The minimum atomic E-state index is 0.146. The lowest BCUT2D eigenvalue weighted by Gasteiger charge is -2.41. The van der Waals surface area contributed by atoms with Crippen LogP contribution in [0.1, 0.15) is 64.2 Å². The molecule has 1 aromatic carbocycles. The molecular formula is C20H30N2O. The van der Waals surface area contributed by atoms with E-state index in [9.17, 15) is 4.79 Å². The highest BCUT2D eigenvalue weighted by Crippen LogP contribution is 2.30. The largest absolute Gasteiger partial charge is 0.325 e. The van der Waals surface area contributed by atoms with E-state index in [2.05, 4.69) is 10.2 Å². The van der Waals surface area contributed by atoms with Gasteiger partial charge in [-0.2, -0.15) is 0 Å². The lowest BCUT2D eigenvalue weighted by atomic mass is 9.88. The molecule has 2 fully saturated rings. The van der Waals surface area contributed by atoms with Gasteiger partial charge in [0, 0.05) is 17.8 Å². The summed E-state index contributed by atoms with van der Waals surface area (Å²) in [4.78, 5) is 15.1. The summed E-state index contributed by atoms with van der Waals surface area (Å²) in [5.74, 6) is 0.146. The van der Waals surface area contributed by atoms with E-state index in [0.29, 0.717) is 18.6 Å². The van der Waals surface area contributed by atoms with Crippen molar-refractivity contribution in [3.8, 4) is 0 Å². The fourth-order valence-electron chi connectivity index (χ4n) is 4.27. The number of rotatable bonds is 5. The third-order valence-corrected chi connectivity index (χ3v) is 5.47. The zero-order valence-electron chi connectivity index (χ0n) is 14.2. The Bertz CT molecular complexity index is 458. The van der Waals surface area contributed by atoms with Crippen LogP contribution >= 0.6 is 0 Å². The Morgan fingerprint density at radius 2 is 1.39 bits per heavy atom. The van der Waals surface area contributed by atoms with Crippen molar-refractivity contribution >= 4 is 11.6 Å². The van der Waals surface area contributed by atoms with Gasteiger partial charge in [0.1, 0.15) is 0 Å². The van der Waals surface area contributed by atoms with Crippen LogP contribution in [-0.4, -0.2) is 29.4 Å². The fraction of sp³-hybridized carbons (Fsp3) is 0.650. The molecule has 23 heavy (non-hydrogen) atoms. The summed E-state index contributed by atoms with van der Waals surface area (Å²) in [6.07, 6.45) is 13.1. The van der Waals surface area contributed by atoms with Crippen LogP contribution in [0, 0.1) is 0 Å². The van der Waals surface area contributed by atoms with E-state index >= 15 is 0 Å². The van der Waals surface area contributed by atoms with Crippen molar-refractivity contribution < 1.29 is 4.79 Å². The predicted molar refractivity (Wildman–Crippen MR) is 95.5 cm³/mol. The van der Waals surface area contributed by atoms with Crippen LogP contribution < -0.4 is 5.32 Å². The maximum Gasteiger partial charge on any atom is 0.238 e. The Balaban J connectivity index is 1.63. The molecule has 0 aliphatic heterocycles. The molecule has 0 radical (unpaired) electrons. The first kappa shape index (κ1) is 16.5. The standard InChI is InChI=1S/C20H30N2O/c23-20(21-17-10-4-1-5-11-17)16-22(18-12-6-2-7-13-18)19-14-8-3-9-15-19/h1,4-5,10-11,18-19H,2-3,6-9,12-16H2,(H,21,23). The number of hydrogen-bond acceptors (Lipinski definition) is 2. The second-order valence-corrected chi connectivity index (χ2v) is 7.17. The molecule has 0 unspecified atom stereocenters.